The molecular weight excluding hydrogens is 236 g/mol. The molecule has 0 aromatic heterocycles. The molecule has 0 spiro atoms. The highest BCUT2D eigenvalue weighted by Crippen LogP contribution is 2.11. The van der Waals surface area contributed by atoms with Gasteiger partial charge in [-0.1, -0.05) is 12.2 Å². The van der Waals surface area contributed by atoms with Gasteiger partial charge in [0.25, 0.3) is 0 Å². The van der Waals surface area contributed by atoms with Gasteiger partial charge in [-0.15, -0.1) is 0 Å². The summed E-state index contributed by atoms with van der Waals surface area (Å²) in [6.07, 6.45) is 0. The highest BCUT2D eigenvalue weighted by Gasteiger charge is 1.99. The zero-order chi connectivity index (χ0) is 12.7. The Balaban J connectivity index is 2.34. The van der Waals surface area contributed by atoms with E-state index in [1.165, 1.54) is 0 Å². The lowest BCUT2D eigenvalue weighted by Crippen LogP contribution is -2.27. The largest absolute Gasteiger partial charge is 0.492 e. The molecule has 0 aliphatic carbocycles. The molecule has 94 valence electrons. The summed E-state index contributed by atoms with van der Waals surface area (Å²) in [6.45, 7) is 2.18. The van der Waals surface area contributed by atoms with Gasteiger partial charge in [-0.2, -0.15) is 0 Å². The summed E-state index contributed by atoms with van der Waals surface area (Å²) in [7, 11) is 1.94. The minimum atomic E-state index is 0.166. The van der Waals surface area contributed by atoms with Gasteiger partial charge >= 0.3 is 0 Å². The van der Waals surface area contributed by atoms with Gasteiger partial charge in [0.05, 0.1) is 6.61 Å². The number of benzene rings is 1. The first-order valence-corrected chi connectivity index (χ1v) is 5.86. The van der Waals surface area contributed by atoms with Gasteiger partial charge < -0.3 is 20.5 Å². The van der Waals surface area contributed by atoms with Crippen LogP contribution in [0.25, 0.3) is 0 Å². The second kappa shape index (κ2) is 7.21. The van der Waals surface area contributed by atoms with Crippen molar-refractivity contribution in [2.75, 3.05) is 33.4 Å². The Morgan fingerprint density at radius 2 is 2.00 bits per heavy atom. The SMILES string of the molecule is CN(CCO)CCOc1ccc(C(N)=S)cc1. The second-order valence-corrected chi connectivity index (χ2v) is 4.20. The first-order valence-electron chi connectivity index (χ1n) is 5.45. The molecule has 0 bridgehead atoms. The van der Waals surface area contributed by atoms with E-state index in [1.54, 1.807) is 0 Å². The van der Waals surface area contributed by atoms with Crippen molar-refractivity contribution in [3.8, 4) is 5.75 Å². The molecule has 0 atom stereocenters. The lowest BCUT2D eigenvalue weighted by molar-refractivity contribution is 0.192. The molecule has 17 heavy (non-hydrogen) atoms. The quantitative estimate of drug-likeness (QED) is 0.699. The lowest BCUT2D eigenvalue weighted by Gasteiger charge is -2.15. The van der Waals surface area contributed by atoms with E-state index in [0.29, 0.717) is 18.1 Å². The highest BCUT2D eigenvalue weighted by atomic mass is 32.1. The number of likely N-dealkylation sites (N-methyl/N-ethyl adjacent to an activating group) is 1. The molecule has 4 nitrogen and oxygen atoms in total. The third-order valence-electron chi connectivity index (χ3n) is 2.36. The molecule has 0 fully saturated rings. The number of thiocarbonyl (C=S) groups is 1. The van der Waals surface area contributed by atoms with E-state index in [1.807, 2.05) is 36.2 Å². The second-order valence-electron chi connectivity index (χ2n) is 3.76. The molecule has 0 aliphatic rings. The van der Waals surface area contributed by atoms with E-state index in [0.717, 1.165) is 17.9 Å². The van der Waals surface area contributed by atoms with Gasteiger partial charge in [-0.05, 0) is 31.3 Å². The summed E-state index contributed by atoms with van der Waals surface area (Å²) in [5, 5.41) is 8.73. The third kappa shape index (κ3) is 5.12. The van der Waals surface area contributed by atoms with Gasteiger partial charge in [0.1, 0.15) is 17.3 Å². The zero-order valence-electron chi connectivity index (χ0n) is 9.93. The van der Waals surface area contributed by atoms with E-state index in [9.17, 15) is 0 Å². The fraction of sp³-hybridized carbons (Fsp3) is 0.417. The van der Waals surface area contributed by atoms with Crippen molar-refractivity contribution in [1.82, 2.24) is 4.90 Å². The maximum Gasteiger partial charge on any atom is 0.119 e. The van der Waals surface area contributed by atoms with Gasteiger partial charge in [0.2, 0.25) is 0 Å². The van der Waals surface area contributed by atoms with E-state index in [2.05, 4.69) is 0 Å². The predicted molar refractivity (Wildman–Crippen MR) is 72.4 cm³/mol. The monoisotopic (exact) mass is 254 g/mol. The summed E-state index contributed by atoms with van der Waals surface area (Å²) in [5.74, 6) is 0.794. The van der Waals surface area contributed by atoms with E-state index < -0.39 is 0 Å². The Bertz CT molecular complexity index is 354. The topological polar surface area (TPSA) is 58.7 Å². The number of hydrogen-bond donors (Lipinski definition) is 2. The van der Waals surface area contributed by atoms with Gasteiger partial charge in [0.15, 0.2) is 0 Å². The van der Waals surface area contributed by atoms with Crippen LogP contribution in [0.5, 0.6) is 5.75 Å². The molecule has 0 aliphatic heterocycles. The van der Waals surface area contributed by atoms with Crippen molar-refractivity contribution < 1.29 is 9.84 Å². The minimum Gasteiger partial charge on any atom is -0.492 e. The Labute approximate surface area is 107 Å². The number of nitrogens with zero attached hydrogens (tertiary/aromatic N) is 1. The fourth-order valence-electron chi connectivity index (χ4n) is 1.32. The number of aliphatic hydroxyl groups excluding tert-OH is 1. The number of aliphatic hydroxyl groups is 1. The first kappa shape index (κ1) is 13.9. The van der Waals surface area contributed by atoms with Crippen LogP contribution in [-0.4, -0.2) is 48.3 Å². The lowest BCUT2D eigenvalue weighted by atomic mass is 10.2. The maximum atomic E-state index is 8.73. The third-order valence-corrected chi connectivity index (χ3v) is 2.60. The van der Waals surface area contributed by atoms with Crippen LogP contribution in [0.15, 0.2) is 24.3 Å². The zero-order valence-corrected chi connectivity index (χ0v) is 10.7. The number of ether oxygens (including phenoxy) is 1. The fourth-order valence-corrected chi connectivity index (χ4v) is 1.45. The number of rotatable bonds is 7. The van der Waals surface area contributed by atoms with E-state index in [4.69, 9.17) is 27.8 Å². The molecule has 3 N–H and O–H groups in total. The van der Waals surface area contributed by atoms with Crippen LogP contribution >= 0.6 is 12.2 Å². The first-order chi connectivity index (χ1) is 8.13. The highest BCUT2D eigenvalue weighted by molar-refractivity contribution is 7.80. The van der Waals surface area contributed by atoms with Crippen LogP contribution < -0.4 is 10.5 Å². The predicted octanol–water partition coefficient (Wildman–Crippen LogP) is 0.624. The van der Waals surface area contributed by atoms with Crippen LogP contribution in [0, 0.1) is 0 Å². The summed E-state index contributed by atoms with van der Waals surface area (Å²) in [4.78, 5) is 2.39. The van der Waals surface area contributed by atoms with Gasteiger partial charge in [0, 0.05) is 18.7 Å². The number of hydrogen-bond acceptors (Lipinski definition) is 4. The molecule has 0 heterocycles. The Hall–Kier alpha value is -1.17. The van der Waals surface area contributed by atoms with Crippen LogP contribution in [0.3, 0.4) is 0 Å². The molecule has 0 saturated heterocycles. The van der Waals surface area contributed by atoms with Crippen LogP contribution in [0.2, 0.25) is 0 Å². The Morgan fingerprint density at radius 3 is 2.53 bits per heavy atom. The molecule has 0 unspecified atom stereocenters. The standard InChI is InChI=1S/C12H18N2O2S/c1-14(6-8-15)7-9-16-11-4-2-10(3-5-11)12(13)17/h2-5,15H,6-9H2,1H3,(H2,13,17). The molecule has 1 rings (SSSR count). The summed E-state index contributed by atoms with van der Waals surface area (Å²) in [5.41, 5.74) is 6.34. The summed E-state index contributed by atoms with van der Waals surface area (Å²) >= 11 is 4.86. The molecule has 0 radical (unpaired) electrons. The molecule has 1 aromatic rings. The average Bonchev–Trinajstić information content (AvgIpc) is 2.30. The Morgan fingerprint density at radius 1 is 1.35 bits per heavy atom. The normalized spacial score (nSPS) is 10.5. The van der Waals surface area contributed by atoms with Crippen LogP contribution in [0.4, 0.5) is 0 Å². The average molecular weight is 254 g/mol. The minimum absolute atomic E-state index is 0.166. The van der Waals surface area contributed by atoms with Crippen LogP contribution in [0.1, 0.15) is 5.56 Å². The molecule has 0 saturated carbocycles. The molecular formula is C12H18N2O2S. The van der Waals surface area contributed by atoms with Crippen LogP contribution in [-0.2, 0) is 0 Å². The van der Waals surface area contributed by atoms with Gasteiger partial charge in [-0.25, -0.2) is 0 Å². The van der Waals surface area contributed by atoms with Crippen molar-refractivity contribution in [3.63, 3.8) is 0 Å². The van der Waals surface area contributed by atoms with Gasteiger partial charge in [-0.3, -0.25) is 0 Å². The van der Waals surface area contributed by atoms with Crippen molar-refractivity contribution >= 4 is 17.2 Å². The molecule has 1 aromatic carbocycles. The van der Waals surface area contributed by atoms with E-state index >= 15 is 0 Å². The van der Waals surface area contributed by atoms with Crippen molar-refractivity contribution in [3.05, 3.63) is 29.8 Å². The molecule has 0 amide bonds. The van der Waals surface area contributed by atoms with Crippen molar-refractivity contribution in [1.29, 1.82) is 0 Å². The number of nitrogens with two attached hydrogens (primary N) is 1. The Kier molecular flexibility index (Phi) is 5.90. The molecule has 5 heteroatoms. The summed E-state index contributed by atoms with van der Waals surface area (Å²) < 4.78 is 5.55. The smallest absolute Gasteiger partial charge is 0.119 e. The maximum absolute atomic E-state index is 8.73. The van der Waals surface area contributed by atoms with Crippen molar-refractivity contribution in [2.45, 2.75) is 0 Å². The summed E-state index contributed by atoms with van der Waals surface area (Å²) in [6, 6.07) is 7.38. The van der Waals surface area contributed by atoms with E-state index in [-0.39, 0.29) is 6.61 Å². The van der Waals surface area contributed by atoms with Crippen molar-refractivity contribution in [2.24, 2.45) is 5.73 Å².